The monoisotopic (exact) mass is 550 g/mol. The molecule has 0 unspecified atom stereocenters. The number of hydrogen-bond acceptors (Lipinski definition) is 1. The molecular weight excluding hydrogens is 528 g/mol. The van der Waals surface area contributed by atoms with Gasteiger partial charge in [0.25, 0.3) is 0 Å². The molecule has 0 N–H and O–H groups in total. The van der Waals surface area contributed by atoms with Crippen LogP contribution in [0.4, 0.5) is 0 Å². The van der Waals surface area contributed by atoms with E-state index in [1.165, 1.54) is 21.8 Å². The van der Waals surface area contributed by atoms with E-state index in [-0.39, 0.29) is 0 Å². The SMILES string of the molecule is Brc1ccc2c3ccccc3n(-c3ccc(-c4cc(-c5ccccc5)nc(-c5ccccc5)c4)cc3)c2c1. The van der Waals surface area contributed by atoms with E-state index in [0.29, 0.717) is 0 Å². The van der Waals surface area contributed by atoms with E-state index >= 15 is 0 Å². The molecule has 0 radical (unpaired) electrons. The van der Waals surface area contributed by atoms with Crippen molar-refractivity contribution in [2.75, 3.05) is 0 Å². The third-order valence-electron chi connectivity index (χ3n) is 7.06. The van der Waals surface area contributed by atoms with E-state index < -0.39 is 0 Å². The van der Waals surface area contributed by atoms with Crippen LogP contribution in [0.2, 0.25) is 0 Å². The maximum absolute atomic E-state index is 5.03. The molecule has 7 aromatic rings. The second-order valence-electron chi connectivity index (χ2n) is 9.42. The van der Waals surface area contributed by atoms with Crippen LogP contribution in [0.25, 0.3) is 61.1 Å². The van der Waals surface area contributed by atoms with Crippen molar-refractivity contribution < 1.29 is 0 Å². The van der Waals surface area contributed by atoms with E-state index in [1.54, 1.807) is 0 Å². The first-order valence-corrected chi connectivity index (χ1v) is 13.5. The minimum Gasteiger partial charge on any atom is -0.309 e. The maximum Gasteiger partial charge on any atom is 0.0715 e. The van der Waals surface area contributed by atoms with Crippen LogP contribution < -0.4 is 0 Å². The quantitative estimate of drug-likeness (QED) is 0.213. The summed E-state index contributed by atoms with van der Waals surface area (Å²) in [5.41, 5.74) is 10.00. The van der Waals surface area contributed by atoms with E-state index in [4.69, 9.17) is 4.98 Å². The lowest BCUT2D eigenvalue weighted by Gasteiger charge is -2.12. The van der Waals surface area contributed by atoms with Gasteiger partial charge in [-0.05, 0) is 53.6 Å². The maximum atomic E-state index is 5.03. The Balaban J connectivity index is 1.37. The molecule has 0 saturated carbocycles. The fourth-order valence-electron chi connectivity index (χ4n) is 5.24. The van der Waals surface area contributed by atoms with Crippen molar-refractivity contribution in [3.8, 4) is 39.3 Å². The smallest absolute Gasteiger partial charge is 0.0715 e. The van der Waals surface area contributed by atoms with Crippen molar-refractivity contribution in [2.24, 2.45) is 0 Å². The normalized spacial score (nSPS) is 11.3. The summed E-state index contributed by atoms with van der Waals surface area (Å²) in [5, 5.41) is 2.51. The molecule has 0 aliphatic heterocycles. The van der Waals surface area contributed by atoms with Crippen LogP contribution in [0.1, 0.15) is 0 Å². The molecular formula is C35H23BrN2. The van der Waals surface area contributed by atoms with Gasteiger partial charge in [0.2, 0.25) is 0 Å². The molecule has 2 heterocycles. The van der Waals surface area contributed by atoms with Crippen molar-refractivity contribution in [2.45, 2.75) is 0 Å². The summed E-state index contributed by atoms with van der Waals surface area (Å²) < 4.78 is 3.42. The predicted molar refractivity (Wildman–Crippen MR) is 163 cm³/mol. The molecule has 0 spiro atoms. The largest absolute Gasteiger partial charge is 0.309 e. The third-order valence-corrected chi connectivity index (χ3v) is 7.55. The number of halogens is 1. The highest BCUT2D eigenvalue weighted by atomic mass is 79.9. The minimum absolute atomic E-state index is 0.971. The Morgan fingerprint density at radius 1 is 0.447 bits per heavy atom. The summed E-state index contributed by atoms with van der Waals surface area (Å²) in [5.74, 6) is 0. The lowest BCUT2D eigenvalue weighted by Crippen LogP contribution is -1.94. The summed E-state index contributed by atoms with van der Waals surface area (Å²) in [6, 6.07) is 49.1. The van der Waals surface area contributed by atoms with Gasteiger partial charge in [-0.25, -0.2) is 4.98 Å². The van der Waals surface area contributed by atoms with Gasteiger partial charge >= 0.3 is 0 Å². The third kappa shape index (κ3) is 4.02. The first kappa shape index (κ1) is 22.7. The summed E-state index contributed by atoms with van der Waals surface area (Å²) in [6.45, 7) is 0. The van der Waals surface area contributed by atoms with Crippen LogP contribution in [0.3, 0.4) is 0 Å². The molecule has 0 fully saturated rings. The van der Waals surface area contributed by atoms with Crippen LogP contribution in [0, 0.1) is 0 Å². The summed E-state index contributed by atoms with van der Waals surface area (Å²) in [4.78, 5) is 5.03. The number of nitrogens with zero attached hydrogens (tertiary/aromatic N) is 2. The van der Waals surface area contributed by atoms with Crippen molar-refractivity contribution in [1.82, 2.24) is 9.55 Å². The zero-order chi connectivity index (χ0) is 25.5. The number of pyridine rings is 1. The van der Waals surface area contributed by atoms with Crippen LogP contribution in [-0.4, -0.2) is 9.55 Å². The van der Waals surface area contributed by atoms with E-state index in [0.717, 1.165) is 43.8 Å². The molecule has 0 amide bonds. The Kier molecular flexibility index (Phi) is 5.64. The molecule has 5 aromatic carbocycles. The van der Waals surface area contributed by atoms with Crippen LogP contribution in [-0.2, 0) is 0 Å². The van der Waals surface area contributed by atoms with Gasteiger partial charge in [-0.2, -0.15) is 0 Å². The molecule has 2 nitrogen and oxygen atoms in total. The summed E-state index contributed by atoms with van der Waals surface area (Å²) >= 11 is 3.67. The fourth-order valence-corrected chi connectivity index (χ4v) is 5.58. The zero-order valence-corrected chi connectivity index (χ0v) is 22.1. The van der Waals surface area contributed by atoms with E-state index in [9.17, 15) is 0 Å². The van der Waals surface area contributed by atoms with Gasteiger partial charge in [0.1, 0.15) is 0 Å². The molecule has 0 atom stereocenters. The molecule has 180 valence electrons. The number of aromatic nitrogens is 2. The van der Waals surface area contributed by atoms with Gasteiger partial charge in [-0.15, -0.1) is 0 Å². The van der Waals surface area contributed by atoms with Gasteiger partial charge in [-0.1, -0.05) is 113 Å². The number of para-hydroxylation sites is 1. The van der Waals surface area contributed by atoms with Crippen molar-refractivity contribution in [3.63, 3.8) is 0 Å². The molecule has 0 aliphatic rings. The average Bonchev–Trinajstić information content (AvgIpc) is 3.31. The molecule has 0 aliphatic carbocycles. The molecule has 3 heteroatoms. The topological polar surface area (TPSA) is 17.8 Å². The van der Waals surface area contributed by atoms with E-state index in [2.05, 4.69) is 148 Å². The van der Waals surface area contributed by atoms with E-state index in [1.807, 2.05) is 12.1 Å². The second-order valence-corrected chi connectivity index (χ2v) is 10.3. The van der Waals surface area contributed by atoms with Crippen molar-refractivity contribution >= 4 is 37.7 Å². The van der Waals surface area contributed by atoms with Crippen LogP contribution >= 0.6 is 15.9 Å². The Morgan fingerprint density at radius 2 is 1.03 bits per heavy atom. The van der Waals surface area contributed by atoms with Crippen LogP contribution in [0.5, 0.6) is 0 Å². The summed E-state index contributed by atoms with van der Waals surface area (Å²) in [6.07, 6.45) is 0. The fraction of sp³-hybridized carbons (Fsp3) is 0. The molecule has 7 rings (SSSR count). The Labute approximate surface area is 230 Å². The number of fused-ring (bicyclic) bond motifs is 3. The average molecular weight is 551 g/mol. The number of benzene rings is 5. The van der Waals surface area contributed by atoms with Gasteiger partial charge < -0.3 is 4.57 Å². The standard InChI is InChI=1S/C35H23BrN2/c36-28-17-20-31-30-13-7-8-14-34(30)38(35(31)23-28)29-18-15-24(16-19-29)27-21-32(25-9-3-1-4-10-25)37-33(22-27)26-11-5-2-6-12-26/h1-23H. The van der Waals surface area contributed by atoms with Crippen LogP contribution in [0.15, 0.2) is 144 Å². The van der Waals surface area contributed by atoms with Gasteiger partial charge in [0.05, 0.1) is 22.4 Å². The number of hydrogen-bond donors (Lipinski definition) is 0. The van der Waals surface area contributed by atoms with Gasteiger partial charge in [0, 0.05) is 32.1 Å². The molecule has 2 aromatic heterocycles. The number of rotatable bonds is 4. The highest BCUT2D eigenvalue weighted by molar-refractivity contribution is 9.10. The Bertz CT molecular complexity index is 1850. The zero-order valence-electron chi connectivity index (χ0n) is 20.6. The van der Waals surface area contributed by atoms with Gasteiger partial charge in [0.15, 0.2) is 0 Å². The Morgan fingerprint density at radius 3 is 1.68 bits per heavy atom. The lowest BCUT2D eigenvalue weighted by molar-refractivity contribution is 1.18. The highest BCUT2D eigenvalue weighted by Gasteiger charge is 2.13. The molecule has 38 heavy (non-hydrogen) atoms. The molecule has 0 saturated heterocycles. The highest BCUT2D eigenvalue weighted by Crippen LogP contribution is 2.35. The first-order valence-electron chi connectivity index (χ1n) is 12.7. The second kappa shape index (κ2) is 9.44. The summed E-state index contributed by atoms with van der Waals surface area (Å²) in [7, 11) is 0. The first-order chi connectivity index (χ1) is 18.7. The Hall–Kier alpha value is -4.47. The lowest BCUT2D eigenvalue weighted by atomic mass is 10.00. The minimum atomic E-state index is 0.971. The predicted octanol–water partition coefficient (Wildman–Crippen LogP) is 9.94. The molecule has 0 bridgehead atoms. The van der Waals surface area contributed by atoms with Crippen molar-refractivity contribution in [1.29, 1.82) is 0 Å². The van der Waals surface area contributed by atoms with Crippen molar-refractivity contribution in [3.05, 3.63) is 144 Å². The van der Waals surface area contributed by atoms with Gasteiger partial charge in [-0.3, -0.25) is 0 Å².